The van der Waals surface area contributed by atoms with Crippen LogP contribution in [0, 0.1) is 12.8 Å². The van der Waals surface area contributed by atoms with E-state index in [0.717, 1.165) is 18.4 Å². The summed E-state index contributed by atoms with van der Waals surface area (Å²) in [6.45, 7) is 1.57. The first-order chi connectivity index (χ1) is 10.6. The number of amides is 1. The van der Waals surface area contributed by atoms with E-state index in [9.17, 15) is 9.59 Å². The van der Waals surface area contributed by atoms with E-state index in [1.807, 2.05) is 6.92 Å². The van der Waals surface area contributed by atoms with Gasteiger partial charge in [-0.05, 0) is 43.4 Å². The van der Waals surface area contributed by atoms with Gasteiger partial charge in [-0.15, -0.1) is 0 Å². The minimum atomic E-state index is -0.345. The Balaban J connectivity index is 1.75. The summed E-state index contributed by atoms with van der Waals surface area (Å²) in [5.74, 6) is -0.216. The van der Waals surface area contributed by atoms with Gasteiger partial charge in [0.1, 0.15) is 0 Å². The summed E-state index contributed by atoms with van der Waals surface area (Å²) >= 11 is 6.00. The Kier molecular flexibility index (Phi) is 6.25. The molecule has 0 heterocycles. The highest BCUT2D eigenvalue weighted by Crippen LogP contribution is 2.26. The van der Waals surface area contributed by atoms with Crippen molar-refractivity contribution in [3.8, 4) is 0 Å². The Bertz CT molecular complexity index is 539. The van der Waals surface area contributed by atoms with Crippen LogP contribution in [0.4, 0.5) is 5.69 Å². The molecule has 2 rings (SSSR count). The third kappa shape index (κ3) is 5.02. The smallest absolute Gasteiger partial charge is 0.306 e. The molecule has 1 saturated carbocycles. The molecule has 0 aliphatic heterocycles. The van der Waals surface area contributed by atoms with E-state index in [1.54, 1.807) is 18.2 Å². The molecule has 1 amide bonds. The molecule has 0 saturated heterocycles. The number of ether oxygens (including phenoxy) is 1. The van der Waals surface area contributed by atoms with E-state index in [0.29, 0.717) is 23.0 Å². The van der Waals surface area contributed by atoms with Gasteiger partial charge in [0.15, 0.2) is 6.61 Å². The molecule has 1 aliphatic rings. The van der Waals surface area contributed by atoms with Crippen molar-refractivity contribution < 1.29 is 14.3 Å². The summed E-state index contributed by atoms with van der Waals surface area (Å²) < 4.78 is 5.06. The van der Waals surface area contributed by atoms with Gasteiger partial charge in [0, 0.05) is 17.1 Å². The maximum absolute atomic E-state index is 11.8. The molecule has 1 fully saturated rings. The van der Waals surface area contributed by atoms with E-state index in [1.165, 1.54) is 19.3 Å². The van der Waals surface area contributed by atoms with Gasteiger partial charge in [0.2, 0.25) is 0 Å². The fourth-order valence-corrected chi connectivity index (χ4v) is 2.94. The van der Waals surface area contributed by atoms with Gasteiger partial charge < -0.3 is 10.1 Å². The molecule has 0 radical (unpaired) electrons. The van der Waals surface area contributed by atoms with Gasteiger partial charge in [-0.25, -0.2) is 0 Å². The highest BCUT2D eigenvalue weighted by molar-refractivity contribution is 6.31. The molecule has 0 spiro atoms. The predicted octanol–water partition coefficient (Wildman–Crippen LogP) is 4.10. The quantitative estimate of drug-likeness (QED) is 0.830. The first kappa shape index (κ1) is 16.8. The fourth-order valence-electron chi connectivity index (χ4n) is 2.76. The molecule has 1 aliphatic carbocycles. The van der Waals surface area contributed by atoms with E-state index in [-0.39, 0.29) is 18.5 Å². The Hall–Kier alpha value is -1.55. The molecule has 1 N–H and O–H groups in total. The molecule has 22 heavy (non-hydrogen) atoms. The number of halogens is 1. The summed E-state index contributed by atoms with van der Waals surface area (Å²) in [5.41, 5.74) is 1.44. The van der Waals surface area contributed by atoms with Crippen LogP contribution >= 0.6 is 11.6 Å². The van der Waals surface area contributed by atoms with Crippen LogP contribution in [-0.4, -0.2) is 18.5 Å². The minimum Gasteiger partial charge on any atom is -0.456 e. The second kappa shape index (κ2) is 8.18. The maximum atomic E-state index is 11.8. The number of hydrogen-bond acceptors (Lipinski definition) is 3. The summed E-state index contributed by atoms with van der Waals surface area (Å²) in [4.78, 5) is 23.6. The van der Waals surface area contributed by atoms with Crippen LogP contribution in [0.25, 0.3) is 0 Å². The first-order valence-corrected chi connectivity index (χ1v) is 8.14. The Morgan fingerprint density at radius 1 is 1.27 bits per heavy atom. The number of carbonyl (C=O) groups is 2. The molecule has 0 unspecified atom stereocenters. The highest BCUT2D eigenvalue weighted by atomic mass is 35.5. The largest absolute Gasteiger partial charge is 0.456 e. The van der Waals surface area contributed by atoms with Crippen LogP contribution < -0.4 is 5.32 Å². The van der Waals surface area contributed by atoms with E-state index in [4.69, 9.17) is 16.3 Å². The lowest BCUT2D eigenvalue weighted by Crippen LogP contribution is -2.22. The standard InChI is InChI=1S/C17H22ClNO3/c1-12-14(18)8-5-9-15(12)19-16(20)11-22-17(21)10-13-6-3-2-4-7-13/h5,8-9,13H,2-4,6-7,10-11H2,1H3,(H,19,20). The van der Waals surface area contributed by atoms with Crippen molar-refractivity contribution in [3.05, 3.63) is 28.8 Å². The average molecular weight is 324 g/mol. The van der Waals surface area contributed by atoms with Crippen LogP contribution in [0.3, 0.4) is 0 Å². The number of anilines is 1. The second-order valence-electron chi connectivity index (χ2n) is 5.83. The molecule has 0 atom stereocenters. The zero-order valence-corrected chi connectivity index (χ0v) is 13.6. The topological polar surface area (TPSA) is 55.4 Å². The lowest BCUT2D eigenvalue weighted by Gasteiger charge is -2.20. The van der Waals surface area contributed by atoms with Crippen LogP contribution in [0.15, 0.2) is 18.2 Å². The molecular weight excluding hydrogens is 302 g/mol. The molecule has 1 aromatic rings. The number of hydrogen-bond donors (Lipinski definition) is 1. The second-order valence-corrected chi connectivity index (χ2v) is 6.24. The van der Waals surface area contributed by atoms with Gasteiger partial charge in [0.05, 0.1) is 0 Å². The number of carbonyl (C=O) groups excluding carboxylic acids is 2. The summed E-state index contributed by atoms with van der Waals surface area (Å²) in [6.07, 6.45) is 6.22. The lowest BCUT2D eigenvalue weighted by molar-refractivity contribution is -0.148. The molecule has 4 nitrogen and oxygen atoms in total. The Morgan fingerprint density at radius 3 is 2.73 bits per heavy atom. The van der Waals surface area contributed by atoms with E-state index in [2.05, 4.69) is 5.32 Å². The summed E-state index contributed by atoms with van der Waals surface area (Å²) in [7, 11) is 0. The number of rotatable bonds is 5. The van der Waals surface area contributed by atoms with Crippen molar-refractivity contribution >= 4 is 29.2 Å². The molecule has 1 aromatic carbocycles. The van der Waals surface area contributed by atoms with E-state index >= 15 is 0 Å². The maximum Gasteiger partial charge on any atom is 0.306 e. The van der Waals surface area contributed by atoms with Crippen LogP contribution in [0.5, 0.6) is 0 Å². The SMILES string of the molecule is Cc1c(Cl)cccc1NC(=O)COC(=O)CC1CCCCC1. The number of esters is 1. The molecular formula is C17H22ClNO3. The molecule has 0 aromatic heterocycles. The first-order valence-electron chi connectivity index (χ1n) is 7.77. The Labute approximate surface area is 136 Å². The van der Waals surface area contributed by atoms with Gasteiger partial charge in [-0.1, -0.05) is 36.9 Å². The molecule has 5 heteroatoms. The summed E-state index contributed by atoms with van der Waals surface area (Å²) in [6, 6.07) is 5.29. The van der Waals surface area contributed by atoms with Crippen molar-refractivity contribution in [2.24, 2.45) is 5.92 Å². The van der Waals surface area contributed by atoms with Crippen molar-refractivity contribution in [1.82, 2.24) is 0 Å². The lowest BCUT2D eigenvalue weighted by atomic mass is 9.87. The third-order valence-electron chi connectivity index (χ3n) is 4.09. The van der Waals surface area contributed by atoms with E-state index < -0.39 is 0 Å². The normalized spacial score (nSPS) is 15.4. The van der Waals surface area contributed by atoms with Crippen molar-refractivity contribution in [2.45, 2.75) is 45.4 Å². The van der Waals surface area contributed by atoms with Crippen molar-refractivity contribution in [3.63, 3.8) is 0 Å². The minimum absolute atomic E-state index is 0.252. The van der Waals surface area contributed by atoms with Crippen LogP contribution in [-0.2, 0) is 14.3 Å². The molecule has 120 valence electrons. The average Bonchev–Trinajstić information content (AvgIpc) is 2.51. The number of benzene rings is 1. The van der Waals surface area contributed by atoms with Gasteiger partial charge in [0.25, 0.3) is 5.91 Å². The summed E-state index contributed by atoms with van der Waals surface area (Å²) in [5, 5.41) is 3.30. The van der Waals surface area contributed by atoms with Crippen molar-refractivity contribution in [2.75, 3.05) is 11.9 Å². The zero-order chi connectivity index (χ0) is 15.9. The molecule has 0 bridgehead atoms. The Morgan fingerprint density at radius 2 is 2.00 bits per heavy atom. The van der Waals surface area contributed by atoms with Gasteiger partial charge >= 0.3 is 5.97 Å². The predicted molar refractivity (Wildman–Crippen MR) is 87.0 cm³/mol. The number of nitrogens with one attached hydrogen (secondary N) is 1. The van der Waals surface area contributed by atoms with Gasteiger partial charge in [-0.3, -0.25) is 9.59 Å². The van der Waals surface area contributed by atoms with Gasteiger partial charge in [-0.2, -0.15) is 0 Å². The fraction of sp³-hybridized carbons (Fsp3) is 0.529. The van der Waals surface area contributed by atoms with Crippen molar-refractivity contribution in [1.29, 1.82) is 0 Å². The van der Waals surface area contributed by atoms with Crippen LogP contribution in [0.2, 0.25) is 5.02 Å². The third-order valence-corrected chi connectivity index (χ3v) is 4.50. The monoisotopic (exact) mass is 323 g/mol. The highest BCUT2D eigenvalue weighted by Gasteiger charge is 2.18. The van der Waals surface area contributed by atoms with Crippen LogP contribution in [0.1, 0.15) is 44.1 Å². The zero-order valence-electron chi connectivity index (χ0n) is 12.9.